The largest absolute Gasteiger partial charge is 0.380 e. The highest BCUT2D eigenvalue weighted by molar-refractivity contribution is 5.75. The van der Waals surface area contributed by atoms with Crippen molar-refractivity contribution < 1.29 is 9.53 Å². The second-order valence-electron chi connectivity index (χ2n) is 4.42. The van der Waals surface area contributed by atoms with E-state index in [1.165, 1.54) is 0 Å². The molecule has 1 unspecified atom stereocenters. The van der Waals surface area contributed by atoms with Gasteiger partial charge in [0.25, 0.3) is 0 Å². The molecule has 94 valence electrons. The van der Waals surface area contributed by atoms with E-state index >= 15 is 0 Å². The zero-order chi connectivity index (χ0) is 12.0. The molecule has 1 atom stereocenters. The molecule has 1 saturated heterocycles. The fraction of sp³-hybridized carbons (Fsp3) is 0.909. The molecule has 0 aliphatic carbocycles. The molecule has 1 heterocycles. The van der Waals surface area contributed by atoms with E-state index in [1.807, 2.05) is 6.92 Å². The Kier molecular flexibility index (Phi) is 5.73. The van der Waals surface area contributed by atoms with Crippen LogP contribution >= 0.6 is 0 Å². The van der Waals surface area contributed by atoms with Gasteiger partial charge in [-0.15, -0.1) is 0 Å². The summed E-state index contributed by atoms with van der Waals surface area (Å²) in [6.45, 7) is 5.14. The number of carbonyl (C=O) groups is 1. The number of rotatable bonds is 6. The SMILES string of the molecule is COC(C)CN(CC(N)=O)C1CCNCC1. The number of nitrogens with one attached hydrogen (secondary N) is 1. The molecule has 0 aromatic carbocycles. The number of hydrogen-bond acceptors (Lipinski definition) is 4. The van der Waals surface area contributed by atoms with Crippen molar-refractivity contribution in [3.05, 3.63) is 0 Å². The van der Waals surface area contributed by atoms with Gasteiger partial charge in [-0.25, -0.2) is 0 Å². The van der Waals surface area contributed by atoms with Gasteiger partial charge >= 0.3 is 0 Å². The van der Waals surface area contributed by atoms with Crippen molar-refractivity contribution in [3.63, 3.8) is 0 Å². The molecule has 1 aliphatic rings. The van der Waals surface area contributed by atoms with Gasteiger partial charge in [0.15, 0.2) is 0 Å². The van der Waals surface area contributed by atoms with E-state index in [0.29, 0.717) is 12.6 Å². The van der Waals surface area contributed by atoms with Gasteiger partial charge in [0, 0.05) is 19.7 Å². The van der Waals surface area contributed by atoms with Gasteiger partial charge in [-0.05, 0) is 32.9 Å². The molecule has 5 nitrogen and oxygen atoms in total. The van der Waals surface area contributed by atoms with Crippen molar-refractivity contribution in [2.75, 3.05) is 33.3 Å². The summed E-state index contributed by atoms with van der Waals surface area (Å²) in [6.07, 6.45) is 2.28. The Labute approximate surface area is 97.3 Å². The first kappa shape index (κ1) is 13.4. The van der Waals surface area contributed by atoms with Crippen molar-refractivity contribution in [2.24, 2.45) is 5.73 Å². The Hall–Kier alpha value is -0.650. The minimum atomic E-state index is -0.262. The minimum absolute atomic E-state index is 0.134. The molecule has 5 heteroatoms. The summed E-state index contributed by atoms with van der Waals surface area (Å²) >= 11 is 0. The molecule has 0 radical (unpaired) electrons. The van der Waals surface area contributed by atoms with Gasteiger partial charge in [-0.3, -0.25) is 9.69 Å². The lowest BCUT2D eigenvalue weighted by Gasteiger charge is -2.35. The van der Waals surface area contributed by atoms with Gasteiger partial charge in [-0.1, -0.05) is 0 Å². The summed E-state index contributed by atoms with van der Waals surface area (Å²) in [5.74, 6) is -0.262. The molecular formula is C11H23N3O2. The average molecular weight is 229 g/mol. The first-order valence-corrected chi connectivity index (χ1v) is 5.89. The second kappa shape index (κ2) is 6.83. The Morgan fingerprint density at radius 2 is 2.19 bits per heavy atom. The van der Waals surface area contributed by atoms with Gasteiger partial charge in [0.2, 0.25) is 5.91 Å². The standard InChI is InChI=1S/C11H23N3O2/c1-9(16-2)7-14(8-11(12)15)10-3-5-13-6-4-10/h9-10,13H,3-8H2,1-2H3,(H2,12,15). The van der Waals surface area contributed by atoms with Crippen molar-refractivity contribution >= 4 is 5.91 Å². The molecule has 1 aliphatic heterocycles. The van der Waals surface area contributed by atoms with E-state index in [4.69, 9.17) is 10.5 Å². The molecule has 1 fully saturated rings. The van der Waals surface area contributed by atoms with Crippen LogP contribution in [0.3, 0.4) is 0 Å². The average Bonchev–Trinajstić information content (AvgIpc) is 2.28. The quantitative estimate of drug-likeness (QED) is 0.648. The predicted octanol–water partition coefficient (Wildman–Crippen LogP) is -0.439. The molecule has 16 heavy (non-hydrogen) atoms. The number of piperidine rings is 1. The number of nitrogens with zero attached hydrogens (tertiary/aromatic N) is 1. The van der Waals surface area contributed by atoms with Gasteiger partial charge in [-0.2, -0.15) is 0 Å². The maximum absolute atomic E-state index is 11.0. The number of carbonyl (C=O) groups excluding carboxylic acids is 1. The highest BCUT2D eigenvalue weighted by Gasteiger charge is 2.23. The molecule has 0 bridgehead atoms. The first-order valence-electron chi connectivity index (χ1n) is 5.89. The first-order chi connectivity index (χ1) is 7.63. The fourth-order valence-corrected chi connectivity index (χ4v) is 2.12. The molecule has 1 rings (SSSR count). The van der Waals surface area contributed by atoms with Crippen LogP contribution in [0.25, 0.3) is 0 Å². The summed E-state index contributed by atoms with van der Waals surface area (Å²) in [5.41, 5.74) is 5.28. The Balaban J connectivity index is 2.50. The summed E-state index contributed by atoms with van der Waals surface area (Å²) in [7, 11) is 1.69. The minimum Gasteiger partial charge on any atom is -0.380 e. The number of primary amides is 1. The number of methoxy groups -OCH3 is 1. The monoisotopic (exact) mass is 229 g/mol. The van der Waals surface area contributed by atoms with Crippen LogP contribution in [0, 0.1) is 0 Å². The molecule has 3 N–H and O–H groups in total. The van der Waals surface area contributed by atoms with E-state index in [2.05, 4.69) is 10.2 Å². The third-order valence-electron chi connectivity index (χ3n) is 3.08. The van der Waals surface area contributed by atoms with E-state index in [1.54, 1.807) is 7.11 Å². The molecule has 0 saturated carbocycles. The molecule has 1 amide bonds. The predicted molar refractivity (Wildman–Crippen MR) is 63.1 cm³/mol. The topological polar surface area (TPSA) is 67.6 Å². The number of amides is 1. The summed E-state index contributed by atoms with van der Waals surface area (Å²) in [6, 6.07) is 0.450. The van der Waals surface area contributed by atoms with Crippen molar-refractivity contribution in [3.8, 4) is 0 Å². The van der Waals surface area contributed by atoms with Crippen molar-refractivity contribution in [1.29, 1.82) is 0 Å². The van der Waals surface area contributed by atoms with Crippen LogP contribution in [0.15, 0.2) is 0 Å². The lowest BCUT2D eigenvalue weighted by atomic mass is 10.0. The van der Waals surface area contributed by atoms with Crippen molar-refractivity contribution in [1.82, 2.24) is 10.2 Å². The fourth-order valence-electron chi connectivity index (χ4n) is 2.12. The van der Waals surface area contributed by atoms with Crippen LogP contribution < -0.4 is 11.1 Å². The number of ether oxygens (including phenoxy) is 1. The van der Waals surface area contributed by atoms with Crippen LogP contribution in [0.2, 0.25) is 0 Å². The third-order valence-corrected chi connectivity index (χ3v) is 3.08. The van der Waals surface area contributed by atoms with E-state index < -0.39 is 0 Å². The Morgan fingerprint density at radius 1 is 1.56 bits per heavy atom. The van der Waals surface area contributed by atoms with E-state index in [-0.39, 0.29) is 12.0 Å². The summed E-state index contributed by atoms with van der Waals surface area (Å²) in [5, 5.41) is 3.32. The maximum Gasteiger partial charge on any atom is 0.231 e. The molecule has 0 aromatic heterocycles. The summed E-state index contributed by atoms with van der Waals surface area (Å²) in [4.78, 5) is 13.2. The smallest absolute Gasteiger partial charge is 0.231 e. The third kappa shape index (κ3) is 4.47. The van der Waals surface area contributed by atoms with E-state index in [9.17, 15) is 4.79 Å². The van der Waals surface area contributed by atoms with Gasteiger partial charge in [0.05, 0.1) is 12.6 Å². The highest BCUT2D eigenvalue weighted by Crippen LogP contribution is 2.12. The van der Waals surface area contributed by atoms with Crippen LogP contribution in [0.5, 0.6) is 0 Å². The van der Waals surface area contributed by atoms with Gasteiger partial charge < -0.3 is 15.8 Å². The van der Waals surface area contributed by atoms with Gasteiger partial charge in [0.1, 0.15) is 0 Å². The second-order valence-corrected chi connectivity index (χ2v) is 4.42. The Morgan fingerprint density at radius 3 is 2.69 bits per heavy atom. The molecule has 0 aromatic rings. The lowest BCUT2D eigenvalue weighted by Crippen LogP contribution is -2.48. The highest BCUT2D eigenvalue weighted by atomic mass is 16.5. The molecule has 0 spiro atoms. The summed E-state index contributed by atoms with van der Waals surface area (Å²) < 4.78 is 5.24. The zero-order valence-corrected chi connectivity index (χ0v) is 10.2. The number of hydrogen-bond donors (Lipinski definition) is 2. The zero-order valence-electron chi connectivity index (χ0n) is 10.2. The van der Waals surface area contributed by atoms with Crippen LogP contribution in [-0.4, -0.2) is 56.2 Å². The van der Waals surface area contributed by atoms with E-state index in [0.717, 1.165) is 32.5 Å². The maximum atomic E-state index is 11.0. The number of nitrogens with two attached hydrogens (primary N) is 1. The Bertz CT molecular complexity index is 217. The van der Waals surface area contributed by atoms with Crippen molar-refractivity contribution in [2.45, 2.75) is 31.9 Å². The normalized spacial score (nSPS) is 19.9. The lowest BCUT2D eigenvalue weighted by molar-refractivity contribution is -0.120. The molecular weight excluding hydrogens is 206 g/mol. The van der Waals surface area contributed by atoms with Crippen LogP contribution in [-0.2, 0) is 9.53 Å². The van der Waals surface area contributed by atoms with Crippen LogP contribution in [0.4, 0.5) is 0 Å². The van der Waals surface area contributed by atoms with Crippen LogP contribution in [0.1, 0.15) is 19.8 Å².